The molecule has 2 aromatic heterocycles. The Balaban J connectivity index is 2.13. The maximum atomic E-state index is 9.00. The predicted octanol–water partition coefficient (Wildman–Crippen LogP) is 4.17. The van der Waals surface area contributed by atoms with Crippen LogP contribution in [0.3, 0.4) is 0 Å². The van der Waals surface area contributed by atoms with Crippen molar-refractivity contribution in [3.05, 3.63) is 46.4 Å². The van der Waals surface area contributed by atoms with Gasteiger partial charge >= 0.3 is 0 Å². The van der Waals surface area contributed by atoms with Gasteiger partial charge in [0.2, 0.25) is 0 Å². The lowest BCUT2D eigenvalue weighted by atomic mass is 10.2. The number of nitrogens with zero attached hydrogens (tertiary/aromatic N) is 2. The van der Waals surface area contributed by atoms with Gasteiger partial charge in [0.05, 0.1) is 5.56 Å². The summed E-state index contributed by atoms with van der Waals surface area (Å²) in [5.41, 5.74) is 2.01. The maximum absolute atomic E-state index is 9.00. The van der Waals surface area contributed by atoms with Crippen LogP contribution in [0.2, 0.25) is 0 Å². The number of hydrogen-bond donors (Lipinski definition) is 1. The van der Waals surface area contributed by atoms with E-state index in [1.165, 1.54) is 0 Å². The molecule has 0 atom stereocenters. The molecule has 3 rings (SSSR count). The number of pyridine rings is 1. The largest absolute Gasteiger partial charge is 0.454 e. The second-order valence-electron chi connectivity index (χ2n) is 4.25. The zero-order valence-electron chi connectivity index (χ0n) is 10.6. The van der Waals surface area contributed by atoms with E-state index in [0.717, 1.165) is 15.4 Å². The summed E-state index contributed by atoms with van der Waals surface area (Å²) >= 11 is 3.44. The summed E-state index contributed by atoms with van der Waals surface area (Å²) in [7, 11) is 1.74. The molecule has 3 aromatic rings. The summed E-state index contributed by atoms with van der Waals surface area (Å²) in [5, 5.41) is 12.9. The topological polar surface area (TPSA) is 61.9 Å². The van der Waals surface area contributed by atoms with Crippen LogP contribution < -0.4 is 5.32 Å². The second-order valence-corrected chi connectivity index (χ2v) is 5.16. The molecule has 1 aromatic carbocycles. The van der Waals surface area contributed by atoms with Crippen molar-refractivity contribution in [1.82, 2.24) is 4.98 Å². The zero-order valence-corrected chi connectivity index (χ0v) is 12.2. The van der Waals surface area contributed by atoms with Crippen molar-refractivity contribution in [2.45, 2.75) is 0 Å². The minimum absolute atomic E-state index is 0.509. The number of hydrogen-bond acceptors (Lipinski definition) is 4. The summed E-state index contributed by atoms with van der Waals surface area (Å²) in [6.07, 6.45) is 0. The van der Waals surface area contributed by atoms with Gasteiger partial charge in [-0.15, -0.1) is 0 Å². The van der Waals surface area contributed by atoms with Crippen LogP contribution in [0.5, 0.6) is 0 Å². The minimum atomic E-state index is 0.509. The normalized spacial score (nSPS) is 10.4. The fourth-order valence-electron chi connectivity index (χ4n) is 2.02. The Labute approximate surface area is 124 Å². The van der Waals surface area contributed by atoms with E-state index < -0.39 is 0 Å². The van der Waals surface area contributed by atoms with Crippen molar-refractivity contribution in [3.8, 4) is 17.5 Å². The van der Waals surface area contributed by atoms with Crippen molar-refractivity contribution < 1.29 is 4.42 Å². The highest BCUT2D eigenvalue weighted by molar-refractivity contribution is 9.10. The van der Waals surface area contributed by atoms with Gasteiger partial charge in [-0.05, 0) is 36.4 Å². The number of nitriles is 1. The number of rotatable bonds is 2. The lowest BCUT2D eigenvalue weighted by Gasteiger charge is -2.03. The van der Waals surface area contributed by atoms with Crippen LogP contribution in [0.1, 0.15) is 5.56 Å². The third-order valence-corrected chi connectivity index (χ3v) is 3.48. The van der Waals surface area contributed by atoms with Gasteiger partial charge in [-0.2, -0.15) is 5.26 Å². The Bertz CT molecular complexity index is 833. The predicted molar refractivity (Wildman–Crippen MR) is 81.4 cm³/mol. The van der Waals surface area contributed by atoms with Gasteiger partial charge in [-0.25, -0.2) is 4.98 Å². The molecule has 0 aliphatic carbocycles. The molecule has 1 N–H and O–H groups in total. The lowest BCUT2D eigenvalue weighted by Crippen LogP contribution is -1.97. The SMILES string of the molecule is CNc1nc(-c2cc3cc(Br)ccc3o2)ccc1C#N. The third-order valence-electron chi connectivity index (χ3n) is 2.98. The molecule has 0 saturated carbocycles. The molecule has 0 aliphatic rings. The molecule has 0 saturated heterocycles. The van der Waals surface area contributed by atoms with Crippen LogP contribution in [-0.2, 0) is 0 Å². The Kier molecular flexibility index (Phi) is 3.17. The molecule has 0 radical (unpaired) electrons. The summed E-state index contributed by atoms with van der Waals surface area (Å²) in [6, 6.07) is 13.4. The van der Waals surface area contributed by atoms with Gasteiger partial charge in [0.25, 0.3) is 0 Å². The number of aromatic nitrogens is 1. The molecular weight excluding hydrogens is 318 g/mol. The summed E-state index contributed by atoms with van der Waals surface area (Å²) in [4.78, 5) is 4.41. The average molecular weight is 328 g/mol. The zero-order chi connectivity index (χ0) is 14.1. The first kappa shape index (κ1) is 12.7. The van der Waals surface area contributed by atoms with Crippen LogP contribution in [0.25, 0.3) is 22.4 Å². The first-order valence-corrected chi connectivity index (χ1v) is 6.79. The molecular formula is C15H10BrN3O. The number of halogens is 1. The average Bonchev–Trinajstić information content (AvgIpc) is 2.89. The molecule has 0 fully saturated rings. The van der Waals surface area contributed by atoms with Crippen LogP contribution in [-0.4, -0.2) is 12.0 Å². The highest BCUT2D eigenvalue weighted by Gasteiger charge is 2.10. The molecule has 0 amide bonds. The molecule has 5 heteroatoms. The number of benzene rings is 1. The van der Waals surface area contributed by atoms with Gasteiger partial charge in [0, 0.05) is 16.9 Å². The first-order chi connectivity index (χ1) is 9.71. The molecule has 20 heavy (non-hydrogen) atoms. The second kappa shape index (κ2) is 4.99. The highest BCUT2D eigenvalue weighted by atomic mass is 79.9. The lowest BCUT2D eigenvalue weighted by molar-refractivity contribution is 0.629. The van der Waals surface area contributed by atoms with E-state index in [-0.39, 0.29) is 0 Å². The smallest absolute Gasteiger partial charge is 0.153 e. The van der Waals surface area contributed by atoms with Gasteiger partial charge in [-0.3, -0.25) is 0 Å². The van der Waals surface area contributed by atoms with E-state index in [1.54, 1.807) is 19.2 Å². The fourth-order valence-corrected chi connectivity index (χ4v) is 2.40. The molecule has 0 unspecified atom stereocenters. The summed E-state index contributed by atoms with van der Waals surface area (Å²) in [5.74, 6) is 1.23. The van der Waals surface area contributed by atoms with Crippen LogP contribution in [0.15, 0.2) is 45.3 Å². The quantitative estimate of drug-likeness (QED) is 0.767. The van der Waals surface area contributed by atoms with E-state index in [2.05, 4.69) is 32.3 Å². The van der Waals surface area contributed by atoms with Crippen molar-refractivity contribution in [2.24, 2.45) is 0 Å². The number of fused-ring (bicyclic) bond motifs is 1. The first-order valence-electron chi connectivity index (χ1n) is 5.99. The molecule has 0 bridgehead atoms. The molecule has 4 nitrogen and oxygen atoms in total. The Morgan fingerprint density at radius 3 is 2.85 bits per heavy atom. The van der Waals surface area contributed by atoms with Gasteiger partial charge in [-0.1, -0.05) is 15.9 Å². The Morgan fingerprint density at radius 2 is 2.10 bits per heavy atom. The van der Waals surface area contributed by atoms with Crippen molar-refractivity contribution in [1.29, 1.82) is 5.26 Å². The van der Waals surface area contributed by atoms with Crippen molar-refractivity contribution in [3.63, 3.8) is 0 Å². The van der Waals surface area contributed by atoms with Crippen LogP contribution >= 0.6 is 15.9 Å². The molecule has 0 aliphatic heterocycles. The van der Waals surface area contributed by atoms with E-state index >= 15 is 0 Å². The van der Waals surface area contributed by atoms with E-state index in [0.29, 0.717) is 22.8 Å². The van der Waals surface area contributed by atoms with Gasteiger partial charge in [0.15, 0.2) is 5.76 Å². The van der Waals surface area contributed by atoms with E-state index in [4.69, 9.17) is 9.68 Å². The Hall–Kier alpha value is -2.32. The number of furan rings is 1. The molecule has 2 heterocycles. The van der Waals surface area contributed by atoms with Crippen molar-refractivity contribution in [2.75, 3.05) is 12.4 Å². The van der Waals surface area contributed by atoms with Crippen LogP contribution in [0, 0.1) is 11.3 Å². The summed E-state index contributed by atoms with van der Waals surface area (Å²) in [6.45, 7) is 0. The minimum Gasteiger partial charge on any atom is -0.454 e. The molecule has 0 spiro atoms. The third kappa shape index (κ3) is 2.15. The fraction of sp³-hybridized carbons (Fsp3) is 0.0667. The number of anilines is 1. The maximum Gasteiger partial charge on any atom is 0.153 e. The number of nitrogens with one attached hydrogen (secondary N) is 1. The van der Waals surface area contributed by atoms with Gasteiger partial charge in [0.1, 0.15) is 23.2 Å². The Morgan fingerprint density at radius 1 is 1.25 bits per heavy atom. The monoisotopic (exact) mass is 327 g/mol. The van der Waals surface area contributed by atoms with E-state index in [9.17, 15) is 0 Å². The highest BCUT2D eigenvalue weighted by Crippen LogP contribution is 2.29. The van der Waals surface area contributed by atoms with E-state index in [1.807, 2.05) is 24.3 Å². The van der Waals surface area contributed by atoms with Crippen molar-refractivity contribution >= 4 is 32.7 Å². The van der Waals surface area contributed by atoms with Crippen LogP contribution in [0.4, 0.5) is 5.82 Å². The molecule has 98 valence electrons. The standard InChI is InChI=1S/C15H10BrN3O/c1-18-15-9(8-17)2-4-12(19-15)14-7-10-6-11(16)3-5-13(10)20-14/h2-7H,1H3,(H,18,19). The van der Waals surface area contributed by atoms with Gasteiger partial charge < -0.3 is 9.73 Å². The summed E-state index contributed by atoms with van der Waals surface area (Å²) < 4.78 is 6.79.